The van der Waals surface area contributed by atoms with Gasteiger partial charge in [-0.25, -0.2) is 4.99 Å². The predicted molar refractivity (Wildman–Crippen MR) is 108 cm³/mol. The summed E-state index contributed by atoms with van der Waals surface area (Å²) >= 11 is 0. The molecular formula is C17H23IN4O3. The number of nitro benzene ring substituents is 1. The lowest BCUT2D eigenvalue weighted by Crippen LogP contribution is -2.37. The second-order valence-electron chi connectivity index (χ2n) is 5.30. The van der Waals surface area contributed by atoms with Crippen LogP contribution in [0, 0.1) is 10.1 Å². The second-order valence-corrected chi connectivity index (χ2v) is 5.30. The Hall–Kier alpha value is -2.10. The van der Waals surface area contributed by atoms with Crippen molar-refractivity contribution in [2.45, 2.75) is 32.9 Å². The van der Waals surface area contributed by atoms with Crippen molar-refractivity contribution in [3.8, 4) is 0 Å². The Kier molecular flexibility index (Phi) is 9.60. The number of halogens is 1. The minimum Gasteiger partial charge on any atom is -0.467 e. The Morgan fingerprint density at radius 1 is 1.24 bits per heavy atom. The van der Waals surface area contributed by atoms with Crippen molar-refractivity contribution >= 4 is 35.6 Å². The summed E-state index contributed by atoms with van der Waals surface area (Å²) in [6.07, 6.45) is 3.79. The molecule has 0 radical (unpaired) electrons. The number of non-ortho nitro benzene ring substituents is 1. The van der Waals surface area contributed by atoms with Crippen LogP contribution in [-0.2, 0) is 13.1 Å². The lowest BCUT2D eigenvalue weighted by Gasteiger charge is -2.11. The van der Waals surface area contributed by atoms with E-state index in [-0.39, 0.29) is 29.7 Å². The second kappa shape index (κ2) is 11.5. The van der Waals surface area contributed by atoms with E-state index < -0.39 is 4.92 Å². The molecule has 1 aromatic carbocycles. The van der Waals surface area contributed by atoms with Crippen molar-refractivity contribution < 1.29 is 9.34 Å². The van der Waals surface area contributed by atoms with Crippen LogP contribution in [0.5, 0.6) is 0 Å². The first-order valence-electron chi connectivity index (χ1n) is 7.97. The van der Waals surface area contributed by atoms with E-state index in [1.807, 2.05) is 12.1 Å². The number of hydrogen-bond donors (Lipinski definition) is 2. The number of furan rings is 1. The average molecular weight is 458 g/mol. The van der Waals surface area contributed by atoms with Gasteiger partial charge in [-0.3, -0.25) is 10.1 Å². The molecule has 0 spiro atoms. The lowest BCUT2D eigenvalue weighted by molar-refractivity contribution is -0.384. The van der Waals surface area contributed by atoms with E-state index in [1.165, 1.54) is 12.1 Å². The van der Waals surface area contributed by atoms with Gasteiger partial charge in [-0.05, 0) is 24.1 Å². The highest BCUT2D eigenvalue weighted by Crippen LogP contribution is 2.12. The molecule has 0 aliphatic rings. The van der Waals surface area contributed by atoms with Gasteiger partial charge in [0.05, 0.1) is 24.3 Å². The van der Waals surface area contributed by atoms with E-state index in [0.717, 1.165) is 30.7 Å². The third kappa shape index (κ3) is 7.55. The molecular weight excluding hydrogens is 435 g/mol. The summed E-state index contributed by atoms with van der Waals surface area (Å²) < 4.78 is 5.30. The van der Waals surface area contributed by atoms with E-state index in [0.29, 0.717) is 19.0 Å². The number of nitro groups is 1. The first kappa shape index (κ1) is 20.9. The van der Waals surface area contributed by atoms with Crippen LogP contribution in [0.3, 0.4) is 0 Å². The summed E-state index contributed by atoms with van der Waals surface area (Å²) in [6.45, 7) is 3.95. The van der Waals surface area contributed by atoms with Gasteiger partial charge in [0.15, 0.2) is 5.96 Å². The molecule has 8 heteroatoms. The smallest absolute Gasteiger partial charge is 0.269 e. The highest BCUT2D eigenvalue weighted by atomic mass is 127. The average Bonchev–Trinajstić information content (AvgIpc) is 3.11. The molecule has 0 saturated carbocycles. The van der Waals surface area contributed by atoms with Crippen LogP contribution >= 0.6 is 24.0 Å². The summed E-state index contributed by atoms with van der Waals surface area (Å²) in [5.74, 6) is 1.52. The van der Waals surface area contributed by atoms with Crippen LogP contribution in [0.25, 0.3) is 0 Å². The van der Waals surface area contributed by atoms with Crippen molar-refractivity contribution in [2.75, 3.05) is 6.54 Å². The van der Waals surface area contributed by atoms with Gasteiger partial charge in [-0.15, -0.1) is 24.0 Å². The first-order chi connectivity index (χ1) is 11.7. The molecule has 0 atom stereocenters. The Balaban J connectivity index is 0.00000312. The number of aliphatic imine (C=N–C) groups is 1. The summed E-state index contributed by atoms with van der Waals surface area (Å²) in [5, 5.41) is 17.2. The van der Waals surface area contributed by atoms with Gasteiger partial charge in [-0.1, -0.05) is 25.5 Å². The third-order valence-electron chi connectivity index (χ3n) is 3.40. The van der Waals surface area contributed by atoms with Gasteiger partial charge in [0, 0.05) is 18.7 Å². The maximum absolute atomic E-state index is 10.7. The zero-order chi connectivity index (χ0) is 17.2. The van der Waals surface area contributed by atoms with Crippen LogP contribution in [0.15, 0.2) is 52.1 Å². The molecule has 0 aliphatic carbocycles. The molecule has 136 valence electrons. The number of benzene rings is 1. The Labute approximate surface area is 164 Å². The van der Waals surface area contributed by atoms with E-state index in [2.05, 4.69) is 22.5 Å². The van der Waals surface area contributed by atoms with Gasteiger partial charge >= 0.3 is 0 Å². The molecule has 2 rings (SSSR count). The number of nitrogens with zero attached hydrogens (tertiary/aromatic N) is 2. The first-order valence-corrected chi connectivity index (χ1v) is 7.97. The minimum atomic E-state index is -0.407. The molecule has 7 nitrogen and oxygen atoms in total. The van der Waals surface area contributed by atoms with Crippen molar-refractivity contribution in [2.24, 2.45) is 4.99 Å². The van der Waals surface area contributed by atoms with Crippen molar-refractivity contribution in [1.82, 2.24) is 10.6 Å². The lowest BCUT2D eigenvalue weighted by atomic mass is 10.2. The molecule has 1 aromatic heterocycles. The summed E-state index contributed by atoms with van der Waals surface area (Å²) in [4.78, 5) is 14.8. The van der Waals surface area contributed by atoms with Crippen LogP contribution < -0.4 is 10.6 Å². The topological polar surface area (TPSA) is 92.7 Å². The summed E-state index contributed by atoms with van der Waals surface area (Å²) in [7, 11) is 0. The van der Waals surface area contributed by atoms with Gasteiger partial charge in [0.25, 0.3) is 5.69 Å². The maximum atomic E-state index is 10.7. The van der Waals surface area contributed by atoms with Crippen LogP contribution in [0.2, 0.25) is 0 Å². The highest BCUT2D eigenvalue weighted by Gasteiger charge is 2.04. The number of hydrogen-bond acceptors (Lipinski definition) is 4. The fourth-order valence-electron chi connectivity index (χ4n) is 2.04. The number of rotatable bonds is 8. The normalized spacial score (nSPS) is 10.8. The van der Waals surface area contributed by atoms with E-state index in [9.17, 15) is 10.1 Å². The van der Waals surface area contributed by atoms with Crippen molar-refractivity contribution in [3.05, 3.63) is 64.1 Å². The van der Waals surface area contributed by atoms with Crippen molar-refractivity contribution in [1.29, 1.82) is 0 Å². The SMILES string of the molecule is CCCCNC(=NCc1ccc([N+](=O)[O-])cc1)NCc1ccco1.I. The maximum Gasteiger partial charge on any atom is 0.269 e. The third-order valence-corrected chi connectivity index (χ3v) is 3.40. The molecule has 2 N–H and O–H groups in total. The van der Waals surface area contributed by atoms with Crippen molar-refractivity contribution in [3.63, 3.8) is 0 Å². The Morgan fingerprint density at radius 3 is 2.60 bits per heavy atom. The largest absolute Gasteiger partial charge is 0.467 e. The van der Waals surface area contributed by atoms with E-state index in [1.54, 1.807) is 18.4 Å². The summed E-state index contributed by atoms with van der Waals surface area (Å²) in [6, 6.07) is 10.2. The van der Waals surface area contributed by atoms with E-state index >= 15 is 0 Å². The molecule has 2 aromatic rings. The highest BCUT2D eigenvalue weighted by molar-refractivity contribution is 14.0. The van der Waals surface area contributed by atoms with Gasteiger partial charge in [0.2, 0.25) is 0 Å². The predicted octanol–water partition coefficient (Wildman–Crippen LogP) is 3.84. The quantitative estimate of drug-likeness (QED) is 0.157. The minimum absolute atomic E-state index is 0. The summed E-state index contributed by atoms with van der Waals surface area (Å²) in [5.41, 5.74) is 0.996. The molecule has 0 bridgehead atoms. The van der Waals surface area contributed by atoms with Crippen LogP contribution in [-0.4, -0.2) is 17.4 Å². The fourth-order valence-corrected chi connectivity index (χ4v) is 2.04. The Bertz CT molecular complexity index is 657. The van der Waals surface area contributed by atoms with Gasteiger partial charge in [-0.2, -0.15) is 0 Å². The standard InChI is InChI=1S/C17H22N4O3.HI/c1-2-3-10-18-17(20-13-16-5-4-11-24-16)19-12-14-6-8-15(9-7-14)21(22)23;/h4-9,11H,2-3,10,12-13H2,1H3,(H2,18,19,20);1H. The molecule has 0 aliphatic heterocycles. The molecule has 0 unspecified atom stereocenters. The number of unbranched alkanes of at least 4 members (excludes halogenated alkanes) is 1. The zero-order valence-corrected chi connectivity index (χ0v) is 16.4. The fraction of sp³-hybridized carbons (Fsp3) is 0.353. The molecule has 1 heterocycles. The number of guanidine groups is 1. The molecule has 0 fully saturated rings. The van der Waals surface area contributed by atoms with Crippen LogP contribution in [0.1, 0.15) is 31.1 Å². The number of nitrogens with one attached hydrogen (secondary N) is 2. The molecule has 25 heavy (non-hydrogen) atoms. The monoisotopic (exact) mass is 458 g/mol. The Morgan fingerprint density at radius 2 is 2.00 bits per heavy atom. The van der Waals surface area contributed by atoms with Gasteiger partial charge in [0.1, 0.15) is 5.76 Å². The molecule has 0 amide bonds. The van der Waals surface area contributed by atoms with E-state index in [4.69, 9.17) is 4.42 Å². The zero-order valence-electron chi connectivity index (χ0n) is 14.1. The van der Waals surface area contributed by atoms with Crippen LogP contribution in [0.4, 0.5) is 5.69 Å². The molecule has 0 saturated heterocycles. The van der Waals surface area contributed by atoms with Gasteiger partial charge < -0.3 is 15.1 Å².